The van der Waals surface area contributed by atoms with Gasteiger partial charge in [-0.05, 0) is 50.5 Å². The number of nitrogens with zero attached hydrogens (tertiary/aromatic N) is 1. The third-order valence-corrected chi connectivity index (χ3v) is 3.71. The van der Waals surface area contributed by atoms with Crippen LogP contribution in [0.25, 0.3) is 0 Å². The molecule has 0 aliphatic rings. The van der Waals surface area contributed by atoms with E-state index in [0.29, 0.717) is 12.1 Å². The Hall–Kier alpha value is -2.69. The molecule has 5 nitrogen and oxygen atoms in total. The van der Waals surface area contributed by atoms with Gasteiger partial charge in [0.25, 0.3) is 11.8 Å². The molecule has 0 spiro atoms. The highest BCUT2D eigenvalue weighted by molar-refractivity contribution is 6.05. The fourth-order valence-electron chi connectivity index (χ4n) is 2.59. The summed E-state index contributed by atoms with van der Waals surface area (Å²) in [6.07, 6.45) is 2.33. The maximum Gasteiger partial charge on any atom is 0.274 e. The van der Waals surface area contributed by atoms with Crippen molar-refractivity contribution in [1.82, 2.24) is 10.3 Å². The van der Waals surface area contributed by atoms with Gasteiger partial charge in [-0.15, -0.1) is 0 Å². The minimum absolute atomic E-state index is 0.198. The largest absolute Gasteiger partial charge is 0.352 e. The Morgan fingerprint density at radius 2 is 1.71 bits per heavy atom. The van der Waals surface area contributed by atoms with Crippen LogP contribution in [-0.4, -0.2) is 23.3 Å². The van der Waals surface area contributed by atoms with Gasteiger partial charge in [0.05, 0.1) is 0 Å². The average molecular weight is 325 g/mol. The summed E-state index contributed by atoms with van der Waals surface area (Å²) in [7, 11) is 0. The van der Waals surface area contributed by atoms with Crippen LogP contribution in [-0.2, 0) is 0 Å². The van der Waals surface area contributed by atoms with Crippen LogP contribution in [0, 0.1) is 20.8 Å². The number of hydrogen-bond donors (Lipinski definition) is 2. The lowest BCUT2D eigenvalue weighted by molar-refractivity contribution is 0.0953. The van der Waals surface area contributed by atoms with E-state index in [1.165, 1.54) is 12.3 Å². The maximum absolute atomic E-state index is 12.5. The van der Waals surface area contributed by atoms with E-state index in [0.717, 1.165) is 28.8 Å². The van der Waals surface area contributed by atoms with E-state index in [-0.39, 0.29) is 17.5 Å². The highest BCUT2D eigenvalue weighted by Crippen LogP contribution is 2.22. The van der Waals surface area contributed by atoms with Gasteiger partial charge in [0.15, 0.2) is 0 Å². The van der Waals surface area contributed by atoms with Crippen LogP contribution in [0.2, 0.25) is 0 Å². The molecule has 1 aromatic carbocycles. The van der Waals surface area contributed by atoms with E-state index in [2.05, 4.69) is 15.6 Å². The minimum Gasteiger partial charge on any atom is -0.352 e. The van der Waals surface area contributed by atoms with Crippen LogP contribution < -0.4 is 10.6 Å². The average Bonchev–Trinajstić information content (AvgIpc) is 2.55. The molecule has 2 rings (SSSR count). The van der Waals surface area contributed by atoms with Crippen LogP contribution in [0.1, 0.15) is 50.9 Å². The molecular weight excluding hydrogens is 302 g/mol. The topological polar surface area (TPSA) is 71.1 Å². The number of carbonyl (C=O) groups is 2. The number of anilines is 1. The molecule has 5 heteroatoms. The zero-order valence-electron chi connectivity index (χ0n) is 14.6. The number of rotatable bonds is 5. The van der Waals surface area contributed by atoms with Crippen molar-refractivity contribution in [3.05, 3.63) is 58.4 Å². The fourth-order valence-corrected chi connectivity index (χ4v) is 2.59. The van der Waals surface area contributed by atoms with Gasteiger partial charge in [-0.3, -0.25) is 14.6 Å². The first-order valence-electron chi connectivity index (χ1n) is 8.05. The lowest BCUT2D eigenvalue weighted by Crippen LogP contribution is -2.24. The van der Waals surface area contributed by atoms with Gasteiger partial charge < -0.3 is 10.6 Å². The van der Waals surface area contributed by atoms with Crippen molar-refractivity contribution >= 4 is 17.5 Å². The highest BCUT2D eigenvalue weighted by atomic mass is 16.2. The Morgan fingerprint density at radius 3 is 2.33 bits per heavy atom. The summed E-state index contributed by atoms with van der Waals surface area (Å²) in [5.74, 6) is -0.522. The Morgan fingerprint density at radius 1 is 1.04 bits per heavy atom. The van der Waals surface area contributed by atoms with Crippen molar-refractivity contribution < 1.29 is 9.59 Å². The maximum atomic E-state index is 12.5. The molecular formula is C19H23N3O2. The first-order valence-corrected chi connectivity index (χ1v) is 8.05. The van der Waals surface area contributed by atoms with Crippen LogP contribution in [0.3, 0.4) is 0 Å². The SMILES string of the molecule is CCCNC(=O)c1ccnc(C(=O)Nc2c(C)cc(C)cc2C)c1. The van der Waals surface area contributed by atoms with Gasteiger partial charge in [0, 0.05) is 24.0 Å². The molecule has 0 aliphatic carbocycles. The normalized spacial score (nSPS) is 10.3. The van der Waals surface area contributed by atoms with Crippen molar-refractivity contribution in [1.29, 1.82) is 0 Å². The van der Waals surface area contributed by atoms with E-state index in [1.54, 1.807) is 6.07 Å². The molecule has 0 radical (unpaired) electrons. The van der Waals surface area contributed by atoms with Crippen molar-refractivity contribution in [2.75, 3.05) is 11.9 Å². The van der Waals surface area contributed by atoms with Crippen LogP contribution in [0.5, 0.6) is 0 Å². The van der Waals surface area contributed by atoms with E-state index in [9.17, 15) is 9.59 Å². The molecule has 0 fully saturated rings. The third-order valence-electron chi connectivity index (χ3n) is 3.71. The summed E-state index contributed by atoms with van der Waals surface area (Å²) in [6.45, 7) is 8.52. The fraction of sp³-hybridized carbons (Fsp3) is 0.316. The number of nitrogens with one attached hydrogen (secondary N) is 2. The molecule has 24 heavy (non-hydrogen) atoms. The number of pyridine rings is 1. The standard InChI is InChI=1S/C19H23N3O2/c1-5-7-21-18(23)15-6-8-20-16(11-15)19(24)22-17-13(3)9-12(2)10-14(17)4/h6,8-11H,5,7H2,1-4H3,(H,21,23)(H,22,24). The number of aryl methyl sites for hydroxylation is 3. The van der Waals surface area contributed by atoms with E-state index in [1.807, 2.05) is 39.8 Å². The zero-order valence-corrected chi connectivity index (χ0v) is 14.6. The molecule has 2 amide bonds. The quantitative estimate of drug-likeness (QED) is 0.885. The second-order valence-corrected chi connectivity index (χ2v) is 5.91. The molecule has 0 aliphatic heterocycles. The number of amides is 2. The van der Waals surface area contributed by atoms with Crippen molar-refractivity contribution in [3.63, 3.8) is 0 Å². The zero-order chi connectivity index (χ0) is 17.7. The predicted molar refractivity (Wildman–Crippen MR) is 95.5 cm³/mol. The lowest BCUT2D eigenvalue weighted by atomic mass is 10.0. The molecule has 1 heterocycles. The van der Waals surface area contributed by atoms with Crippen molar-refractivity contribution in [2.24, 2.45) is 0 Å². The first-order chi connectivity index (χ1) is 11.4. The van der Waals surface area contributed by atoms with Gasteiger partial charge in [-0.1, -0.05) is 24.6 Å². The Balaban J connectivity index is 2.20. The van der Waals surface area contributed by atoms with Gasteiger partial charge in [0.1, 0.15) is 5.69 Å². The molecule has 1 aromatic heterocycles. The summed E-state index contributed by atoms with van der Waals surface area (Å²) in [6, 6.07) is 7.15. The van der Waals surface area contributed by atoms with Crippen LogP contribution in [0.4, 0.5) is 5.69 Å². The predicted octanol–water partition coefficient (Wildman–Crippen LogP) is 3.40. The lowest BCUT2D eigenvalue weighted by Gasteiger charge is -2.13. The monoisotopic (exact) mass is 325 g/mol. The summed E-state index contributed by atoms with van der Waals surface area (Å²) in [4.78, 5) is 28.6. The number of benzene rings is 1. The number of aromatic nitrogens is 1. The molecule has 0 bridgehead atoms. The molecule has 0 atom stereocenters. The molecule has 0 saturated heterocycles. The molecule has 2 N–H and O–H groups in total. The van der Waals surface area contributed by atoms with E-state index >= 15 is 0 Å². The number of carbonyl (C=O) groups excluding carboxylic acids is 2. The molecule has 2 aromatic rings. The summed E-state index contributed by atoms with van der Waals surface area (Å²) >= 11 is 0. The Bertz CT molecular complexity index is 746. The van der Waals surface area contributed by atoms with Gasteiger partial charge in [-0.25, -0.2) is 0 Å². The van der Waals surface area contributed by atoms with E-state index < -0.39 is 0 Å². The Kier molecular flexibility index (Phi) is 5.68. The minimum atomic E-state index is -0.324. The summed E-state index contributed by atoms with van der Waals surface area (Å²) in [5.41, 5.74) is 4.58. The van der Waals surface area contributed by atoms with Crippen LogP contribution >= 0.6 is 0 Å². The Labute approximate surface area is 142 Å². The molecule has 0 saturated carbocycles. The van der Waals surface area contributed by atoms with Crippen molar-refractivity contribution in [3.8, 4) is 0 Å². The first kappa shape index (κ1) is 17.7. The summed E-state index contributed by atoms with van der Waals surface area (Å²) < 4.78 is 0. The van der Waals surface area contributed by atoms with Gasteiger partial charge in [0.2, 0.25) is 0 Å². The van der Waals surface area contributed by atoms with Crippen LogP contribution in [0.15, 0.2) is 30.5 Å². The molecule has 0 unspecified atom stereocenters. The second kappa shape index (κ2) is 7.73. The molecule has 126 valence electrons. The second-order valence-electron chi connectivity index (χ2n) is 5.91. The number of hydrogen-bond acceptors (Lipinski definition) is 3. The van der Waals surface area contributed by atoms with Gasteiger partial charge >= 0.3 is 0 Å². The third kappa shape index (κ3) is 4.19. The highest BCUT2D eigenvalue weighted by Gasteiger charge is 2.14. The summed E-state index contributed by atoms with van der Waals surface area (Å²) in [5, 5.41) is 5.69. The van der Waals surface area contributed by atoms with E-state index in [4.69, 9.17) is 0 Å². The van der Waals surface area contributed by atoms with Gasteiger partial charge in [-0.2, -0.15) is 0 Å². The van der Waals surface area contributed by atoms with Crippen molar-refractivity contribution in [2.45, 2.75) is 34.1 Å². The smallest absolute Gasteiger partial charge is 0.274 e.